The summed E-state index contributed by atoms with van der Waals surface area (Å²) in [6.07, 6.45) is 1.73. The fourth-order valence-corrected chi connectivity index (χ4v) is 2.33. The summed E-state index contributed by atoms with van der Waals surface area (Å²) in [5, 5.41) is 0. The van der Waals surface area contributed by atoms with Crippen LogP contribution in [0.4, 0.5) is 4.79 Å². The highest BCUT2D eigenvalue weighted by atomic mass is 16.6. The number of esters is 1. The van der Waals surface area contributed by atoms with E-state index < -0.39 is 17.7 Å². The first-order valence-corrected chi connectivity index (χ1v) is 8.32. The van der Waals surface area contributed by atoms with E-state index in [-0.39, 0.29) is 6.54 Å². The lowest BCUT2D eigenvalue weighted by molar-refractivity contribution is 0.0283. The molecule has 0 radical (unpaired) electrons. The predicted octanol–water partition coefficient (Wildman–Crippen LogP) is 3.50. The lowest BCUT2D eigenvalue weighted by atomic mass is 10.1. The molecule has 1 aromatic heterocycles. The minimum Gasteiger partial charge on any atom is -0.461 e. The van der Waals surface area contributed by atoms with Crippen molar-refractivity contribution in [3.05, 3.63) is 29.1 Å². The van der Waals surface area contributed by atoms with E-state index >= 15 is 0 Å². The van der Waals surface area contributed by atoms with Crippen molar-refractivity contribution in [2.75, 3.05) is 13.7 Å². The fraction of sp³-hybridized carbons (Fsp3) is 0.611. The fourth-order valence-electron chi connectivity index (χ4n) is 2.33. The van der Waals surface area contributed by atoms with Crippen molar-refractivity contribution in [3.8, 4) is 0 Å². The SMILES string of the molecule is CCOC(=O)c1nc(CN(C)C(=O)OC(C)(C)C)ccc1C1CC1. The molecular formula is C18H26N2O4. The summed E-state index contributed by atoms with van der Waals surface area (Å²) < 4.78 is 10.4. The number of aromatic nitrogens is 1. The van der Waals surface area contributed by atoms with Gasteiger partial charge in [-0.25, -0.2) is 14.6 Å². The van der Waals surface area contributed by atoms with Crippen LogP contribution in [0.1, 0.15) is 68.2 Å². The van der Waals surface area contributed by atoms with Crippen LogP contribution in [0.3, 0.4) is 0 Å². The van der Waals surface area contributed by atoms with Crippen LogP contribution in [-0.4, -0.2) is 41.2 Å². The highest BCUT2D eigenvalue weighted by Crippen LogP contribution is 2.41. The third-order valence-electron chi connectivity index (χ3n) is 3.57. The minimum absolute atomic E-state index is 0.270. The Morgan fingerprint density at radius 3 is 2.50 bits per heavy atom. The molecule has 2 rings (SSSR count). The van der Waals surface area contributed by atoms with Crippen LogP contribution < -0.4 is 0 Å². The molecule has 132 valence electrons. The van der Waals surface area contributed by atoms with Gasteiger partial charge in [0.05, 0.1) is 18.8 Å². The number of pyridine rings is 1. The monoisotopic (exact) mass is 334 g/mol. The third-order valence-corrected chi connectivity index (χ3v) is 3.57. The first-order chi connectivity index (χ1) is 11.2. The van der Waals surface area contributed by atoms with Gasteiger partial charge in [0, 0.05) is 7.05 Å². The van der Waals surface area contributed by atoms with Crippen molar-refractivity contribution in [3.63, 3.8) is 0 Å². The molecular weight excluding hydrogens is 308 g/mol. The van der Waals surface area contributed by atoms with Crippen molar-refractivity contribution in [1.29, 1.82) is 0 Å². The van der Waals surface area contributed by atoms with E-state index in [1.54, 1.807) is 14.0 Å². The second kappa shape index (κ2) is 7.20. The first-order valence-electron chi connectivity index (χ1n) is 8.32. The molecule has 0 bridgehead atoms. The summed E-state index contributed by atoms with van der Waals surface area (Å²) in [5.74, 6) is -0.00397. The number of hydrogen-bond donors (Lipinski definition) is 0. The molecule has 0 aliphatic heterocycles. The summed E-state index contributed by atoms with van der Waals surface area (Å²) in [4.78, 5) is 30.1. The molecule has 0 spiro atoms. The normalized spacial score (nSPS) is 14.2. The molecule has 6 nitrogen and oxygen atoms in total. The molecule has 1 aliphatic rings. The highest BCUT2D eigenvalue weighted by molar-refractivity contribution is 5.89. The van der Waals surface area contributed by atoms with E-state index in [9.17, 15) is 9.59 Å². The van der Waals surface area contributed by atoms with Crippen LogP contribution in [0.25, 0.3) is 0 Å². The van der Waals surface area contributed by atoms with Gasteiger partial charge < -0.3 is 14.4 Å². The maximum absolute atomic E-state index is 12.2. The van der Waals surface area contributed by atoms with Gasteiger partial charge in [-0.15, -0.1) is 0 Å². The smallest absolute Gasteiger partial charge is 0.410 e. The van der Waals surface area contributed by atoms with E-state index in [0.29, 0.717) is 23.9 Å². The maximum Gasteiger partial charge on any atom is 0.410 e. The second-order valence-corrected chi connectivity index (χ2v) is 7.07. The molecule has 1 amide bonds. The average molecular weight is 334 g/mol. The summed E-state index contributed by atoms with van der Waals surface area (Å²) in [7, 11) is 1.65. The molecule has 6 heteroatoms. The second-order valence-electron chi connectivity index (χ2n) is 7.07. The number of amides is 1. The van der Waals surface area contributed by atoms with Crippen LogP contribution in [-0.2, 0) is 16.0 Å². The van der Waals surface area contributed by atoms with Crippen molar-refractivity contribution < 1.29 is 19.1 Å². The lowest BCUT2D eigenvalue weighted by Gasteiger charge is -2.24. The van der Waals surface area contributed by atoms with Gasteiger partial charge in [-0.2, -0.15) is 0 Å². The Bertz CT molecular complexity index is 618. The number of rotatable bonds is 5. The molecule has 1 aliphatic carbocycles. The number of nitrogens with zero attached hydrogens (tertiary/aromatic N) is 2. The third kappa shape index (κ3) is 4.94. The zero-order valence-corrected chi connectivity index (χ0v) is 15.1. The molecule has 0 N–H and O–H groups in total. The summed E-state index contributed by atoms with van der Waals surface area (Å²) in [6.45, 7) is 7.81. The molecule has 1 heterocycles. The van der Waals surface area contributed by atoms with Crippen LogP contribution in [0.15, 0.2) is 12.1 Å². The predicted molar refractivity (Wildman–Crippen MR) is 89.9 cm³/mol. The van der Waals surface area contributed by atoms with E-state index in [2.05, 4.69) is 4.98 Å². The maximum atomic E-state index is 12.2. The van der Waals surface area contributed by atoms with Gasteiger partial charge in [0.1, 0.15) is 5.60 Å². The van der Waals surface area contributed by atoms with E-state index in [0.717, 1.165) is 18.4 Å². The van der Waals surface area contributed by atoms with Crippen molar-refractivity contribution >= 4 is 12.1 Å². The van der Waals surface area contributed by atoms with Gasteiger partial charge >= 0.3 is 12.1 Å². The zero-order valence-electron chi connectivity index (χ0n) is 15.1. The average Bonchev–Trinajstić information content (AvgIpc) is 3.30. The first kappa shape index (κ1) is 18.2. The summed E-state index contributed by atoms with van der Waals surface area (Å²) in [5.41, 5.74) is 1.40. The van der Waals surface area contributed by atoms with Gasteiger partial charge in [-0.3, -0.25) is 0 Å². The lowest BCUT2D eigenvalue weighted by Crippen LogP contribution is -2.34. The standard InChI is InChI=1S/C18H26N2O4/c1-6-23-16(21)15-14(12-7-8-12)10-9-13(19-15)11-20(5)17(22)24-18(2,3)4/h9-10,12H,6-8,11H2,1-5H3. The largest absolute Gasteiger partial charge is 0.461 e. The topological polar surface area (TPSA) is 68.7 Å². The van der Waals surface area contributed by atoms with Gasteiger partial charge in [-0.05, 0) is 58.1 Å². The molecule has 24 heavy (non-hydrogen) atoms. The number of carbonyl (C=O) groups excluding carboxylic acids is 2. The van der Waals surface area contributed by atoms with Gasteiger partial charge in [0.2, 0.25) is 0 Å². The molecule has 1 fully saturated rings. The van der Waals surface area contributed by atoms with E-state index in [4.69, 9.17) is 9.47 Å². The Kier molecular flexibility index (Phi) is 5.47. The Labute approximate surface area is 143 Å². The molecule has 1 saturated carbocycles. The molecule has 0 saturated heterocycles. The van der Waals surface area contributed by atoms with Crippen LogP contribution in [0, 0.1) is 0 Å². The zero-order chi connectivity index (χ0) is 17.9. The quantitative estimate of drug-likeness (QED) is 0.771. The number of carbonyl (C=O) groups is 2. The highest BCUT2D eigenvalue weighted by Gasteiger charge is 2.30. The molecule has 0 atom stereocenters. The summed E-state index contributed by atoms with van der Waals surface area (Å²) in [6, 6.07) is 3.78. The van der Waals surface area contributed by atoms with Crippen LogP contribution in [0.5, 0.6) is 0 Å². The number of hydrogen-bond acceptors (Lipinski definition) is 5. The molecule has 0 aromatic carbocycles. The van der Waals surface area contributed by atoms with E-state index in [1.807, 2.05) is 32.9 Å². The van der Waals surface area contributed by atoms with E-state index in [1.165, 1.54) is 4.90 Å². The van der Waals surface area contributed by atoms with Crippen molar-refractivity contribution in [2.24, 2.45) is 0 Å². The Morgan fingerprint density at radius 2 is 1.96 bits per heavy atom. The van der Waals surface area contributed by atoms with Gasteiger partial charge in [0.15, 0.2) is 5.69 Å². The van der Waals surface area contributed by atoms with Crippen molar-refractivity contribution in [2.45, 2.75) is 58.6 Å². The van der Waals surface area contributed by atoms with Gasteiger partial charge in [0.25, 0.3) is 0 Å². The Morgan fingerprint density at radius 1 is 1.29 bits per heavy atom. The molecule has 0 unspecified atom stereocenters. The molecule has 1 aromatic rings. The van der Waals surface area contributed by atoms with Gasteiger partial charge in [-0.1, -0.05) is 6.07 Å². The summed E-state index contributed by atoms with van der Waals surface area (Å²) >= 11 is 0. The minimum atomic E-state index is -0.551. The Hall–Kier alpha value is -2.11. The Balaban J connectivity index is 2.14. The number of ether oxygens (including phenoxy) is 2. The van der Waals surface area contributed by atoms with Crippen molar-refractivity contribution in [1.82, 2.24) is 9.88 Å². The van der Waals surface area contributed by atoms with Crippen LogP contribution in [0.2, 0.25) is 0 Å². The van der Waals surface area contributed by atoms with Crippen LogP contribution >= 0.6 is 0 Å².